The number of carbonyl (C=O) groups is 2. The zero-order valence-corrected chi connectivity index (χ0v) is 12.1. The van der Waals surface area contributed by atoms with E-state index < -0.39 is 5.97 Å². The second-order valence-electron chi connectivity index (χ2n) is 3.86. The zero-order chi connectivity index (χ0) is 13.8. The number of carboxylic acids is 1. The molecule has 0 aliphatic rings. The molecule has 1 aromatic heterocycles. The van der Waals surface area contributed by atoms with Crippen LogP contribution in [0.1, 0.15) is 15.9 Å². The molecule has 0 aliphatic carbocycles. The first kappa shape index (κ1) is 13.8. The Labute approximate surface area is 122 Å². The number of benzene rings is 1. The van der Waals surface area contributed by atoms with Gasteiger partial charge in [-0.3, -0.25) is 9.59 Å². The number of aliphatic carboxylic acids is 1. The molecule has 0 bridgehead atoms. The fraction of sp³-hybridized carbons (Fsp3) is 0.0769. The highest BCUT2D eigenvalue weighted by Crippen LogP contribution is 2.21. The Bertz CT molecular complexity index is 607. The molecule has 0 saturated heterocycles. The van der Waals surface area contributed by atoms with Crippen molar-refractivity contribution in [3.8, 4) is 0 Å². The minimum Gasteiger partial charge on any atom is -0.481 e. The summed E-state index contributed by atoms with van der Waals surface area (Å²) in [6.45, 7) is 0. The van der Waals surface area contributed by atoms with Crippen molar-refractivity contribution in [1.29, 1.82) is 0 Å². The summed E-state index contributed by atoms with van der Waals surface area (Å²) < 4.78 is 0.898. The molecule has 1 heterocycles. The third kappa shape index (κ3) is 3.90. The predicted octanol–water partition coefficient (Wildman–Crippen LogP) is 3.39. The van der Waals surface area contributed by atoms with Crippen molar-refractivity contribution < 1.29 is 14.7 Å². The van der Waals surface area contributed by atoms with Crippen LogP contribution in [0.15, 0.2) is 39.5 Å². The molecule has 98 valence electrons. The van der Waals surface area contributed by atoms with Crippen LogP contribution in [0, 0.1) is 0 Å². The summed E-state index contributed by atoms with van der Waals surface area (Å²) in [5.41, 5.74) is 1.93. The lowest BCUT2D eigenvalue weighted by molar-refractivity contribution is -0.136. The van der Waals surface area contributed by atoms with Crippen LogP contribution >= 0.6 is 27.3 Å². The molecule has 0 unspecified atom stereocenters. The van der Waals surface area contributed by atoms with Gasteiger partial charge in [0.1, 0.15) is 0 Å². The molecule has 6 heteroatoms. The Kier molecular flexibility index (Phi) is 4.34. The Hall–Kier alpha value is -1.66. The molecule has 19 heavy (non-hydrogen) atoms. The van der Waals surface area contributed by atoms with Crippen LogP contribution in [0.5, 0.6) is 0 Å². The minimum absolute atomic E-state index is 0.0221. The van der Waals surface area contributed by atoms with Crippen LogP contribution in [0.2, 0.25) is 0 Å². The third-order valence-electron chi connectivity index (χ3n) is 2.40. The topological polar surface area (TPSA) is 66.4 Å². The quantitative estimate of drug-likeness (QED) is 0.897. The summed E-state index contributed by atoms with van der Waals surface area (Å²) >= 11 is 4.74. The van der Waals surface area contributed by atoms with Crippen LogP contribution in [0.4, 0.5) is 5.69 Å². The summed E-state index contributed by atoms with van der Waals surface area (Å²) in [4.78, 5) is 22.4. The molecule has 0 fully saturated rings. The van der Waals surface area contributed by atoms with Crippen molar-refractivity contribution in [2.75, 3.05) is 5.32 Å². The molecule has 0 aliphatic heterocycles. The Balaban J connectivity index is 2.03. The molecule has 0 saturated carbocycles. The Morgan fingerprint density at radius 2 is 1.95 bits per heavy atom. The molecule has 1 aromatic carbocycles. The van der Waals surface area contributed by atoms with Gasteiger partial charge < -0.3 is 10.4 Å². The van der Waals surface area contributed by atoms with E-state index in [9.17, 15) is 9.59 Å². The van der Waals surface area contributed by atoms with Gasteiger partial charge in [-0.1, -0.05) is 12.1 Å². The van der Waals surface area contributed by atoms with Crippen LogP contribution in [0.3, 0.4) is 0 Å². The highest BCUT2D eigenvalue weighted by atomic mass is 79.9. The number of amides is 1. The van der Waals surface area contributed by atoms with Gasteiger partial charge in [0.15, 0.2) is 0 Å². The molecule has 0 spiro atoms. The number of carboxylic acid groups (broad SMARTS) is 1. The van der Waals surface area contributed by atoms with Crippen molar-refractivity contribution in [2.45, 2.75) is 6.42 Å². The van der Waals surface area contributed by atoms with E-state index in [-0.39, 0.29) is 12.3 Å². The maximum atomic E-state index is 11.9. The number of rotatable bonds is 4. The van der Waals surface area contributed by atoms with Crippen LogP contribution in [-0.2, 0) is 11.2 Å². The molecule has 2 rings (SSSR count). The van der Waals surface area contributed by atoms with Gasteiger partial charge in [0.2, 0.25) is 0 Å². The average molecular weight is 340 g/mol. The number of anilines is 1. The van der Waals surface area contributed by atoms with Crippen LogP contribution < -0.4 is 5.32 Å². The van der Waals surface area contributed by atoms with Gasteiger partial charge in [0.05, 0.1) is 15.8 Å². The predicted molar refractivity (Wildman–Crippen MR) is 77.8 cm³/mol. The van der Waals surface area contributed by atoms with Crippen molar-refractivity contribution in [3.05, 3.63) is 50.6 Å². The van der Waals surface area contributed by atoms with Crippen molar-refractivity contribution >= 4 is 44.8 Å². The second-order valence-corrected chi connectivity index (χ2v) is 6.15. The monoisotopic (exact) mass is 339 g/mol. The molecular weight excluding hydrogens is 330 g/mol. The maximum Gasteiger partial charge on any atom is 0.307 e. The zero-order valence-electron chi connectivity index (χ0n) is 9.72. The number of nitrogens with one attached hydrogen (secondary N) is 1. The number of halogens is 1. The van der Waals surface area contributed by atoms with E-state index in [1.54, 1.807) is 35.7 Å². The standard InChI is InChI=1S/C13H10BrNO3S/c14-11-6-9(7-19-11)13(18)15-10-3-1-8(2-4-10)5-12(16)17/h1-4,6-7H,5H2,(H,15,18)(H,16,17). The maximum absolute atomic E-state index is 11.9. The molecule has 0 radical (unpaired) electrons. The van der Waals surface area contributed by atoms with E-state index >= 15 is 0 Å². The first-order valence-electron chi connectivity index (χ1n) is 5.41. The molecular formula is C13H10BrNO3S. The molecule has 2 N–H and O–H groups in total. The number of hydrogen-bond acceptors (Lipinski definition) is 3. The normalized spacial score (nSPS) is 10.2. The van der Waals surface area contributed by atoms with E-state index in [1.165, 1.54) is 11.3 Å². The molecule has 1 amide bonds. The van der Waals surface area contributed by atoms with E-state index in [0.29, 0.717) is 16.8 Å². The highest BCUT2D eigenvalue weighted by molar-refractivity contribution is 9.11. The SMILES string of the molecule is O=C(O)Cc1ccc(NC(=O)c2csc(Br)c2)cc1. The lowest BCUT2D eigenvalue weighted by Gasteiger charge is -2.04. The van der Waals surface area contributed by atoms with Crippen molar-refractivity contribution in [3.63, 3.8) is 0 Å². The van der Waals surface area contributed by atoms with Gasteiger partial charge in [0.25, 0.3) is 5.91 Å². The number of hydrogen-bond donors (Lipinski definition) is 2. The Morgan fingerprint density at radius 1 is 1.26 bits per heavy atom. The summed E-state index contributed by atoms with van der Waals surface area (Å²) in [7, 11) is 0. The molecule has 0 atom stereocenters. The number of thiophene rings is 1. The first-order valence-corrected chi connectivity index (χ1v) is 7.08. The number of carbonyl (C=O) groups excluding carboxylic acids is 1. The van der Waals surface area contributed by atoms with Crippen LogP contribution in [0.25, 0.3) is 0 Å². The summed E-state index contributed by atoms with van der Waals surface area (Å²) in [6.07, 6.45) is -0.0221. The fourth-order valence-electron chi connectivity index (χ4n) is 1.51. The van der Waals surface area contributed by atoms with Gasteiger partial charge >= 0.3 is 5.97 Å². The van der Waals surface area contributed by atoms with Gasteiger partial charge in [-0.15, -0.1) is 11.3 Å². The van der Waals surface area contributed by atoms with E-state index in [4.69, 9.17) is 5.11 Å². The third-order valence-corrected chi connectivity index (χ3v) is 3.90. The van der Waals surface area contributed by atoms with E-state index in [1.807, 2.05) is 0 Å². The van der Waals surface area contributed by atoms with Crippen molar-refractivity contribution in [1.82, 2.24) is 0 Å². The first-order chi connectivity index (χ1) is 9.04. The lowest BCUT2D eigenvalue weighted by atomic mass is 10.1. The summed E-state index contributed by atoms with van der Waals surface area (Å²) in [5, 5.41) is 13.2. The van der Waals surface area contributed by atoms with Gasteiger partial charge in [0, 0.05) is 11.1 Å². The largest absolute Gasteiger partial charge is 0.481 e. The minimum atomic E-state index is -0.875. The van der Waals surface area contributed by atoms with Gasteiger partial charge in [-0.25, -0.2) is 0 Å². The molecule has 2 aromatic rings. The fourth-order valence-corrected chi connectivity index (χ4v) is 2.65. The molecule has 4 nitrogen and oxygen atoms in total. The summed E-state index contributed by atoms with van der Waals surface area (Å²) in [5.74, 6) is -1.06. The second kappa shape index (κ2) is 5.99. The van der Waals surface area contributed by atoms with E-state index in [2.05, 4.69) is 21.2 Å². The van der Waals surface area contributed by atoms with E-state index in [0.717, 1.165) is 3.79 Å². The van der Waals surface area contributed by atoms with Gasteiger partial charge in [-0.2, -0.15) is 0 Å². The lowest BCUT2D eigenvalue weighted by Crippen LogP contribution is -2.10. The van der Waals surface area contributed by atoms with Crippen molar-refractivity contribution in [2.24, 2.45) is 0 Å². The van der Waals surface area contributed by atoms with Crippen LogP contribution in [-0.4, -0.2) is 17.0 Å². The average Bonchev–Trinajstić information content (AvgIpc) is 2.78. The summed E-state index contributed by atoms with van der Waals surface area (Å²) in [6, 6.07) is 8.51. The smallest absolute Gasteiger partial charge is 0.307 e. The van der Waals surface area contributed by atoms with Gasteiger partial charge in [-0.05, 0) is 39.7 Å². The highest BCUT2D eigenvalue weighted by Gasteiger charge is 2.08. The Morgan fingerprint density at radius 3 is 2.47 bits per heavy atom.